The second kappa shape index (κ2) is 6.10. The van der Waals surface area contributed by atoms with E-state index in [-0.39, 0.29) is 0 Å². The molecule has 0 radical (unpaired) electrons. The van der Waals surface area contributed by atoms with Crippen LogP contribution in [0, 0.1) is 0 Å². The van der Waals surface area contributed by atoms with E-state index in [2.05, 4.69) is 29.7 Å². The molecule has 3 rings (SSSR count). The summed E-state index contributed by atoms with van der Waals surface area (Å²) in [6, 6.07) is 14.1. The summed E-state index contributed by atoms with van der Waals surface area (Å²) in [6.45, 7) is 3.13. The van der Waals surface area contributed by atoms with Gasteiger partial charge in [-0.05, 0) is 36.2 Å². The smallest absolute Gasteiger partial charge is 0.118 e. The fraction of sp³-hybridized carbons (Fsp3) is 0.278. The highest BCUT2D eigenvalue weighted by Crippen LogP contribution is 2.24. The lowest BCUT2D eigenvalue weighted by molar-refractivity contribution is 0.414. The fourth-order valence-corrected chi connectivity index (χ4v) is 2.75. The monoisotopic (exact) mass is 295 g/mol. The molecule has 114 valence electrons. The van der Waals surface area contributed by atoms with E-state index >= 15 is 0 Å². The van der Waals surface area contributed by atoms with Crippen molar-refractivity contribution in [2.24, 2.45) is 0 Å². The van der Waals surface area contributed by atoms with Crippen LogP contribution in [0.25, 0.3) is 11.0 Å². The van der Waals surface area contributed by atoms with Crippen LogP contribution in [0.1, 0.15) is 24.7 Å². The third-order valence-corrected chi connectivity index (χ3v) is 3.86. The van der Waals surface area contributed by atoms with Crippen molar-refractivity contribution in [1.29, 1.82) is 0 Å². The van der Waals surface area contributed by atoms with E-state index in [1.165, 1.54) is 5.56 Å². The highest BCUT2D eigenvalue weighted by atomic mass is 16.5. The summed E-state index contributed by atoms with van der Waals surface area (Å²) in [7, 11) is 1.68. The molecule has 0 atom stereocenters. The Morgan fingerprint density at radius 3 is 2.59 bits per heavy atom. The number of ether oxygens (including phenoxy) is 1. The lowest BCUT2D eigenvalue weighted by atomic mass is 10.1. The van der Waals surface area contributed by atoms with E-state index in [1.54, 1.807) is 7.11 Å². The van der Waals surface area contributed by atoms with Crippen molar-refractivity contribution in [1.82, 2.24) is 9.55 Å². The van der Waals surface area contributed by atoms with Gasteiger partial charge in [-0.25, -0.2) is 4.98 Å². The van der Waals surface area contributed by atoms with Crippen LogP contribution in [-0.4, -0.2) is 16.7 Å². The minimum atomic E-state index is 0.739. The second-order valence-corrected chi connectivity index (χ2v) is 5.42. The van der Waals surface area contributed by atoms with E-state index < -0.39 is 0 Å². The van der Waals surface area contributed by atoms with Gasteiger partial charge in [0.15, 0.2) is 0 Å². The molecule has 0 aliphatic heterocycles. The Hall–Kier alpha value is -2.49. The number of aromatic nitrogens is 2. The van der Waals surface area contributed by atoms with Gasteiger partial charge in [0.25, 0.3) is 0 Å². The molecular formula is C18H21N3O. The number of rotatable bonds is 5. The van der Waals surface area contributed by atoms with E-state index in [0.717, 1.165) is 47.7 Å². The fourth-order valence-electron chi connectivity index (χ4n) is 2.75. The summed E-state index contributed by atoms with van der Waals surface area (Å²) in [4.78, 5) is 4.78. The normalized spacial score (nSPS) is 11.0. The van der Waals surface area contributed by atoms with Gasteiger partial charge in [0, 0.05) is 13.0 Å². The molecule has 4 nitrogen and oxygen atoms in total. The first-order valence-corrected chi connectivity index (χ1v) is 7.59. The van der Waals surface area contributed by atoms with Crippen LogP contribution in [0.4, 0.5) is 5.69 Å². The highest BCUT2D eigenvalue weighted by Gasteiger charge is 2.12. The van der Waals surface area contributed by atoms with Crippen molar-refractivity contribution < 1.29 is 4.74 Å². The topological polar surface area (TPSA) is 53.1 Å². The molecule has 2 aromatic carbocycles. The summed E-state index contributed by atoms with van der Waals surface area (Å²) >= 11 is 0. The number of methoxy groups -OCH3 is 1. The Kier molecular flexibility index (Phi) is 4.00. The molecule has 0 aliphatic carbocycles. The van der Waals surface area contributed by atoms with Gasteiger partial charge in [-0.3, -0.25) is 0 Å². The molecule has 0 aliphatic rings. The van der Waals surface area contributed by atoms with Crippen LogP contribution in [-0.2, 0) is 13.0 Å². The summed E-state index contributed by atoms with van der Waals surface area (Å²) in [6.07, 6.45) is 1.86. The van der Waals surface area contributed by atoms with Crippen LogP contribution in [0.5, 0.6) is 5.75 Å². The van der Waals surface area contributed by atoms with Gasteiger partial charge in [0.1, 0.15) is 17.1 Å². The number of aryl methyl sites for hydroxylation is 1. The molecule has 0 bridgehead atoms. The van der Waals surface area contributed by atoms with Crippen LogP contribution in [0.2, 0.25) is 0 Å². The van der Waals surface area contributed by atoms with Crippen LogP contribution in [0.15, 0.2) is 42.5 Å². The quantitative estimate of drug-likeness (QED) is 0.731. The molecular weight excluding hydrogens is 274 g/mol. The van der Waals surface area contributed by atoms with Gasteiger partial charge in [-0.15, -0.1) is 0 Å². The maximum Gasteiger partial charge on any atom is 0.118 e. The van der Waals surface area contributed by atoms with Crippen LogP contribution in [0.3, 0.4) is 0 Å². The molecule has 0 amide bonds. The first-order chi connectivity index (χ1) is 10.7. The van der Waals surface area contributed by atoms with Gasteiger partial charge in [-0.2, -0.15) is 0 Å². The third-order valence-electron chi connectivity index (χ3n) is 3.86. The number of para-hydroxylation sites is 1. The van der Waals surface area contributed by atoms with Crippen molar-refractivity contribution in [2.45, 2.75) is 26.3 Å². The molecule has 1 aromatic heterocycles. The zero-order valence-corrected chi connectivity index (χ0v) is 13.0. The summed E-state index contributed by atoms with van der Waals surface area (Å²) in [5.41, 5.74) is 10.0. The number of nitrogens with zero attached hydrogens (tertiary/aromatic N) is 2. The first kappa shape index (κ1) is 14.4. The van der Waals surface area contributed by atoms with Crippen molar-refractivity contribution in [2.75, 3.05) is 12.8 Å². The Morgan fingerprint density at radius 2 is 1.91 bits per heavy atom. The largest absolute Gasteiger partial charge is 0.497 e. The number of hydrogen-bond donors (Lipinski definition) is 1. The Balaban J connectivity index is 2.01. The van der Waals surface area contributed by atoms with Crippen molar-refractivity contribution >= 4 is 16.7 Å². The number of anilines is 1. The highest BCUT2D eigenvalue weighted by molar-refractivity contribution is 5.87. The predicted octanol–water partition coefficient (Wildman–Crippen LogP) is 3.63. The predicted molar refractivity (Wildman–Crippen MR) is 90.2 cm³/mol. The number of hydrogen-bond acceptors (Lipinski definition) is 3. The number of fused-ring (bicyclic) bond motifs is 1. The lowest BCUT2D eigenvalue weighted by Gasteiger charge is -2.08. The molecule has 2 N–H and O–H groups in total. The zero-order valence-electron chi connectivity index (χ0n) is 13.0. The molecule has 3 aromatic rings. The summed E-state index contributed by atoms with van der Waals surface area (Å²) in [5, 5.41) is 0. The maximum atomic E-state index is 6.07. The van der Waals surface area contributed by atoms with E-state index in [0.29, 0.717) is 0 Å². The molecule has 0 fully saturated rings. The minimum Gasteiger partial charge on any atom is -0.497 e. The number of imidazole rings is 1. The maximum absolute atomic E-state index is 6.07. The molecule has 0 unspecified atom stereocenters. The standard InChI is InChI=1S/C18H21N3O/c1-3-11-21-16-6-4-5-15(19)18(16)20-17(21)12-13-7-9-14(22-2)10-8-13/h4-10H,3,11-12,19H2,1-2H3. The van der Waals surface area contributed by atoms with Gasteiger partial charge < -0.3 is 15.0 Å². The zero-order chi connectivity index (χ0) is 15.5. The molecule has 4 heteroatoms. The third kappa shape index (κ3) is 2.64. The Bertz CT molecular complexity index is 775. The lowest BCUT2D eigenvalue weighted by Crippen LogP contribution is -2.04. The molecule has 0 spiro atoms. The number of benzene rings is 2. The van der Waals surface area contributed by atoms with E-state index in [1.807, 2.05) is 24.3 Å². The van der Waals surface area contributed by atoms with Crippen molar-refractivity contribution in [3.63, 3.8) is 0 Å². The van der Waals surface area contributed by atoms with Crippen molar-refractivity contribution in [3.05, 3.63) is 53.9 Å². The number of nitrogen functional groups attached to an aromatic ring is 1. The van der Waals surface area contributed by atoms with E-state index in [9.17, 15) is 0 Å². The Morgan fingerprint density at radius 1 is 1.14 bits per heavy atom. The summed E-state index contributed by atoms with van der Waals surface area (Å²) in [5.74, 6) is 1.93. The SMILES string of the molecule is CCCn1c(Cc2ccc(OC)cc2)nc2c(N)cccc21. The van der Waals surface area contributed by atoms with Gasteiger partial charge >= 0.3 is 0 Å². The summed E-state index contributed by atoms with van der Waals surface area (Å²) < 4.78 is 7.48. The molecule has 1 heterocycles. The molecule has 22 heavy (non-hydrogen) atoms. The minimum absolute atomic E-state index is 0.739. The molecule has 0 saturated carbocycles. The Labute approximate surface area is 130 Å². The van der Waals surface area contributed by atoms with Crippen LogP contribution >= 0.6 is 0 Å². The van der Waals surface area contributed by atoms with Gasteiger partial charge in [0.05, 0.1) is 18.3 Å². The number of nitrogens with two attached hydrogens (primary N) is 1. The van der Waals surface area contributed by atoms with Crippen LogP contribution < -0.4 is 10.5 Å². The second-order valence-electron chi connectivity index (χ2n) is 5.42. The van der Waals surface area contributed by atoms with Gasteiger partial charge in [-0.1, -0.05) is 25.1 Å². The molecule has 0 saturated heterocycles. The average molecular weight is 295 g/mol. The average Bonchev–Trinajstić information content (AvgIpc) is 2.88. The van der Waals surface area contributed by atoms with Crippen molar-refractivity contribution in [3.8, 4) is 5.75 Å². The first-order valence-electron chi connectivity index (χ1n) is 7.59. The van der Waals surface area contributed by atoms with Gasteiger partial charge in [0.2, 0.25) is 0 Å². The van der Waals surface area contributed by atoms with E-state index in [4.69, 9.17) is 15.5 Å².